The predicted octanol–water partition coefficient (Wildman–Crippen LogP) is 8.73. The molecule has 0 aromatic carbocycles. The molecule has 38 heavy (non-hydrogen) atoms. The number of carbonyl (C=O) groups excluding carboxylic acids is 1. The summed E-state index contributed by atoms with van der Waals surface area (Å²) in [4.78, 5) is 13.9. The maximum atomic E-state index is 13.9. The number of ether oxygens (including phenoxy) is 1. The summed E-state index contributed by atoms with van der Waals surface area (Å²) in [6, 6.07) is 3.91. The Labute approximate surface area is 230 Å². The first-order valence-electron chi connectivity index (χ1n) is 15.7. The van der Waals surface area contributed by atoms with Crippen LogP contribution in [0.1, 0.15) is 112 Å². The topological polar surface area (TPSA) is 39.4 Å². The normalized spacial score (nSPS) is 51.6. The van der Waals surface area contributed by atoms with Crippen molar-refractivity contribution in [3.05, 3.63) is 29.7 Å². The fourth-order valence-electron chi connectivity index (χ4n) is 12.5. The second-order valence-corrected chi connectivity index (χ2v) is 16.7. The van der Waals surface area contributed by atoms with E-state index in [4.69, 9.17) is 9.15 Å². The van der Waals surface area contributed by atoms with Crippen molar-refractivity contribution in [3.63, 3.8) is 0 Å². The van der Waals surface area contributed by atoms with Gasteiger partial charge in [-0.1, -0.05) is 48.5 Å². The summed E-state index contributed by atoms with van der Waals surface area (Å²) in [6.45, 7) is 18.4. The zero-order chi connectivity index (χ0) is 26.9. The Morgan fingerprint density at radius 3 is 2.37 bits per heavy atom. The summed E-state index contributed by atoms with van der Waals surface area (Å²) in [5.41, 5.74) is 2.16. The van der Waals surface area contributed by atoms with Crippen LogP contribution < -0.4 is 0 Å². The maximum absolute atomic E-state index is 13.9. The number of hydrogen-bond donors (Lipinski definition) is 0. The van der Waals surface area contributed by atoms with E-state index in [1.165, 1.54) is 51.4 Å². The van der Waals surface area contributed by atoms with Crippen LogP contribution in [-0.4, -0.2) is 18.5 Å². The van der Waals surface area contributed by atoms with Crippen molar-refractivity contribution in [2.24, 2.45) is 56.2 Å². The summed E-state index contributed by atoms with van der Waals surface area (Å²) in [5.74, 6) is 3.74. The van der Waals surface area contributed by atoms with Gasteiger partial charge in [0.05, 0.1) is 19.0 Å². The van der Waals surface area contributed by atoms with Crippen LogP contribution in [0.2, 0.25) is 0 Å². The third kappa shape index (κ3) is 2.98. The minimum Gasteiger partial charge on any atom is -0.465 e. The van der Waals surface area contributed by atoms with Crippen molar-refractivity contribution >= 4 is 11.9 Å². The van der Waals surface area contributed by atoms with E-state index in [0.717, 1.165) is 36.2 Å². The Kier molecular flexibility index (Phi) is 5.18. The van der Waals surface area contributed by atoms with Gasteiger partial charge in [0.25, 0.3) is 0 Å². The zero-order valence-corrected chi connectivity index (χ0v) is 25.0. The van der Waals surface area contributed by atoms with E-state index in [0.29, 0.717) is 45.4 Å². The van der Waals surface area contributed by atoms with E-state index in [2.05, 4.69) is 54.5 Å². The highest BCUT2D eigenvalue weighted by atomic mass is 16.5. The summed E-state index contributed by atoms with van der Waals surface area (Å²) in [6.07, 6.45) is 15.6. The quantitative estimate of drug-likeness (QED) is 0.349. The molecule has 2 heterocycles. The van der Waals surface area contributed by atoms with Crippen LogP contribution >= 0.6 is 0 Å². The van der Waals surface area contributed by atoms with E-state index >= 15 is 0 Å². The predicted molar refractivity (Wildman–Crippen MR) is 151 cm³/mol. The lowest BCUT2D eigenvalue weighted by Crippen LogP contribution is -2.67. The lowest BCUT2D eigenvalue weighted by Gasteiger charge is -2.73. The van der Waals surface area contributed by atoms with E-state index < -0.39 is 0 Å². The van der Waals surface area contributed by atoms with E-state index in [1.54, 1.807) is 6.26 Å². The SMILES string of the molecule is CC1(C)CC[C@]23CC[C@]4(C)[C@@H](CC[C@@H]5[C@@]6(C)C/C(=C\c7ccco7)C(=O)C(C)(C)[C@H]6CC[C@]54C)[C@@H]2[C@H]1OC3. The smallest absolute Gasteiger partial charge is 0.164 e. The number of furan rings is 1. The van der Waals surface area contributed by atoms with E-state index in [-0.39, 0.29) is 10.8 Å². The molecule has 7 rings (SSSR count). The first-order valence-corrected chi connectivity index (χ1v) is 15.7. The monoisotopic (exact) mass is 518 g/mol. The Balaban J connectivity index is 1.29. The standard InChI is InChI=1S/C35H50O3/c1-30(2)14-16-35-17-15-33(6)24(27(35)29(30)38-21-35)10-11-26-32(5)20-22(19-23-9-8-18-37-23)28(36)31(3,4)25(32)12-13-34(26,33)7/h8-9,18-19,24-27,29H,10-17,20-21H2,1-7H3/b22-19+/t24-,25+,26+,27+,29+,32-,33+,34+,35+/m0/s1. The second kappa shape index (κ2) is 7.68. The fraction of sp³-hybridized carbons (Fsp3) is 0.800. The molecule has 1 saturated heterocycles. The molecular formula is C35H50O3. The number of carbonyl (C=O) groups is 1. The summed E-state index contributed by atoms with van der Waals surface area (Å²) in [5, 5.41) is 0. The average Bonchev–Trinajstić information content (AvgIpc) is 3.47. The largest absolute Gasteiger partial charge is 0.465 e. The highest BCUT2D eigenvalue weighted by molar-refractivity contribution is 6.04. The summed E-state index contributed by atoms with van der Waals surface area (Å²) < 4.78 is 12.4. The van der Waals surface area contributed by atoms with Crippen molar-refractivity contribution < 1.29 is 13.9 Å². The Morgan fingerprint density at radius 2 is 1.63 bits per heavy atom. The molecule has 2 bridgehead atoms. The molecule has 3 nitrogen and oxygen atoms in total. The molecule has 6 fully saturated rings. The molecule has 5 aliphatic carbocycles. The van der Waals surface area contributed by atoms with Crippen molar-refractivity contribution in [2.75, 3.05) is 6.61 Å². The molecule has 208 valence electrons. The second-order valence-electron chi connectivity index (χ2n) is 16.7. The van der Waals surface area contributed by atoms with Gasteiger partial charge in [-0.25, -0.2) is 0 Å². The van der Waals surface area contributed by atoms with Crippen LogP contribution in [-0.2, 0) is 9.53 Å². The van der Waals surface area contributed by atoms with Crippen LogP contribution in [0.3, 0.4) is 0 Å². The van der Waals surface area contributed by atoms with Crippen molar-refractivity contribution in [1.29, 1.82) is 0 Å². The van der Waals surface area contributed by atoms with Gasteiger partial charge in [0.15, 0.2) is 5.78 Å². The van der Waals surface area contributed by atoms with Gasteiger partial charge in [0.1, 0.15) is 5.76 Å². The van der Waals surface area contributed by atoms with Gasteiger partial charge in [-0.15, -0.1) is 0 Å². The zero-order valence-electron chi connectivity index (χ0n) is 25.0. The van der Waals surface area contributed by atoms with Gasteiger partial charge in [0, 0.05) is 5.41 Å². The molecule has 0 N–H and O–H groups in total. The Bertz CT molecular complexity index is 1170. The maximum Gasteiger partial charge on any atom is 0.164 e. The molecule has 5 saturated carbocycles. The molecule has 9 atom stereocenters. The highest BCUT2D eigenvalue weighted by Crippen LogP contribution is 2.78. The van der Waals surface area contributed by atoms with Crippen LogP contribution in [0.15, 0.2) is 28.4 Å². The number of fused-ring (bicyclic) bond motifs is 5. The molecular weight excluding hydrogens is 468 g/mol. The van der Waals surface area contributed by atoms with Gasteiger partial charge < -0.3 is 9.15 Å². The van der Waals surface area contributed by atoms with Crippen molar-refractivity contribution in [2.45, 2.75) is 112 Å². The van der Waals surface area contributed by atoms with E-state index in [1.807, 2.05) is 12.1 Å². The number of hydrogen-bond acceptors (Lipinski definition) is 3. The molecule has 1 aliphatic heterocycles. The van der Waals surface area contributed by atoms with Crippen molar-refractivity contribution in [1.82, 2.24) is 0 Å². The number of allylic oxidation sites excluding steroid dienone is 1. The molecule has 0 amide bonds. The van der Waals surface area contributed by atoms with Gasteiger partial charge in [-0.3, -0.25) is 4.79 Å². The molecule has 3 heteroatoms. The van der Waals surface area contributed by atoms with Crippen molar-refractivity contribution in [3.8, 4) is 0 Å². The van der Waals surface area contributed by atoms with Crippen LogP contribution in [0.25, 0.3) is 6.08 Å². The number of rotatable bonds is 1. The molecule has 0 spiro atoms. The van der Waals surface area contributed by atoms with Crippen LogP contribution in [0.4, 0.5) is 0 Å². The lowest BCUT2D eigenvalue weighted by molar-refractivity contribution is -0.236. The molecule has 6 aliphatic rings. The third-order valence-corrected chi connectivity index (χ3v) is 14.6. The van der Waals surface area contributed by atoms with E-state index in [9.17, 15) is 4.79 Å². The highest BCUT2D eigenvalue weighted by Gasteiger charge is 2.73. The Morgan fingerprint density at radius 1 is 0.868 bits per heavy atom. The minimum absolute atomic E-state index is 0.132. The Hall–Kier alpha value is -1.35. The molecule has 1 aromatic heterocycles. The van der Waals surface area contributed by atoms with Crippen LogP contribution in [0.5, 0.6) is 0 Å². The lowest BCUT2D eigenvalue weighted by atomic mass is 9.31. The van der Waals surface area contributed by atoms with Gasteiger partial charge in [-0.2, -0.15) is 0 Å². The minimum atomic E-state index is -0.332. The molecule has 1 aromatic rings. The van der Waals surface area contributed by atoms with Gasteiger partial charge >= 0.3 is 0 Å². The van der Waals surface area contributed by atoms with Gasteiger partial charge in [0.2, 0.25) is 0 Å². The summed E-state index contributed by atoms with van der Waals surface area (Å²) in [7, 11) is 0. The number of Topliss-reactive ketones (excluding diaryl/α,β-unsaturated/α-hetero) is 1. The molecule has 0 unspecified atom stereocenters. The first kappa shape index (κ1) is 25.6. The first-order chi connectivity index (χ1) is 17.8. The average molecular weight is 519 g/mol. The molecule has 0 radical (unpaired) electrons. The fourth-order valence-corrected chi connectivity index (χ4v) is 12.5. The number of ketones is 1. The third-order valence-electron chi connectivity index (χ3n) is 14.6. The van der Waals surface area contributed by atoms with Crippen LogP contribution in [0, 0.1) is 56.2 Å². The van der Waals surface area contributed by atoms with Gasteiger partial charge in [-0.05, 0) is 132 Å². The summed E-state index contributed by atoms with van der Waals surface area (Å²) >= 11 is 0.